The lowest BCUT2D eigenvalue weighted by molar-refractivity contribution is 0.101. The highest BCUT2D eigenvalue weighted by Crippen LogP contribution is 2.24. The minimum atomic E-state index is -0.126. The highest BCUT2D eigenvalue weighted by Gasteiger charge is 2.17. The van der Waals surface area contributed by atoms with E-state index in [2.05, 4.69) is 30.1 Å². The van der Waals surface area contributed by atoms with Crippen LogP contribution >= 0.6 is 0 Å². The summed E-state index contributed by atoms with van der Waals surface area (Å²) in [5.74, 6) is 0.813. The van der Waals surface area contributed by atoms with Gasteiger partial charge in [-0.2, -0.15) is 19.9 Å². The molecule has 0 fully saturated rings. The molecular weight excluding hydrogens is 372 g/mol. The number of benzene rings is 1. The van der Waals surface area contributed by atoms with Crippen LogP contribution in [0.2, 0.25) is 0 Å². The fraction of sp³-hybridized carbons (Fsp3) is 0.105. The third-order valence-electron chi connectivity index (χ3n) is 4.08. The van der Waals surface area contributed by atoms with E-state index in [0.29, 0.717) is 17.2 Å². The summed E-state index contributed by atoms with van der Waals surface area (Å²) in [6, 6.07) is 12.9. The number of para-hydroxylation sites is 1. The number of nitrogens with zero attached hydrogens (tertiary/aromatic N) is 7. The van der Waals surface area contributed by atoms with E-state index in [0.717, 1.165) is 5.69 Å². The number of rotatable bonds is 5. The number of nitrogen functional groups attached to an aromatic ring is 1. The van der Waals surface area contributed by atoms with Crippen LogP contribution in [0.1, 0.15) is 17.4 Å². The van der Waals surface area contributed by atoms with Gasteiger partial charge >= 0.3 is 0 Å². The van der Waals surface area contributed by atoms with Crippen molar-refractivity contribution < 1.29 is 9.32 Å². The van der Waals surface area contributed by atoms with E-state index in [-0.39, 0.29) is 29.3 Å². The lowest BCUT2D eigenvalue weighted by Gasteiger charge is -2.17. The first-order chi connectivity index (χ1) is 14.0. The molecule has 0 saturated heterocycles. The van der Waals surface area contributed by atoms with Crippen LogP contribution < -0.4 is 10.6 Å². The highest BCUT2D eigenvalue weighted by molar-refractivity contribution is 5.92. The highest BCUT2D eigenvalue weighted by atomic mass is 16.5. The van der Waals surface area contributed by atoms with Crippen LogP contribution in [0.15, 0.2) is 53.2 Å². The van der Waals surface area contributed by atoms with Gasteiger partial charge < -0.3 is 15.2 Å². The second-order valence-electron chi connectivity index (χ2n) is 6.12. The van der Waals surface area contributed by atoms with E-state index < -0.39 is 0 Å². The van der Waals surface area contributed by atoms with Gasteiger partial charge in [0, 0.05) is 25.9 Å². The van der Waals surface area contributed by atoms with Gasteiger partial charge in [0.25, 0.3) is 5.89 Å². The third-order valence-corrected chi connectivity index (χ3v) is 4.08. The van der Waals surface area contributed by atoms with Gasteiger partial charge in [-0.25, -0.2) is 0 Å². The Morgan fingerprint density at radius 2 is 1.79 bits per heavy atom. The predicted molar refractivity (Wildman–Crippen MR) is 105 cm³/mol. The zero-order valence-corrected chi connectivity index (χ0v) is 15.6. The average molecular weight is 388 g/mol. The molecule has 0 amide bonds. The van der Waals surface area contributed by atoms with Crippen LogP contribution in [0.3, 0.4) is 0 Å². The van der Waals surface area contributed by atoms with Gasteiger partial charge in [0.2, 0.25) is 23.5 Å². The number of ketones is 1. The van der Waals surface area contributed by atoms with Crippen molar-refractivity contribution in [3.05, 3.63) is 54.4 Å². The molecule has 4 rings (SSSR count). The molecule has 0 atom stereocenters. The monoisotopic (exact) mass is 388 g/mol. The summed E-state index contributed by atoms with van der Waals surface area (Å²) in [4.78, 5) is 34.2. The second kappa shape index (κ2) is 7.43. The lowest BCUT2D eigenvalue weighted by atomic mass is 10.2. The summed E-state index contributed by atoms with van der Waals surface area (Å²) in [6.45, 7) is 1.45. The Morgan fingerprint density at radius 3 is 2.48 bits per heavy atom. The van der Waals surface area contributed by atoms with Crippen molar-refractivity contribution in [2.75, 3.05) is 17.7 Å². The molecule has 144 valence electrons. The van der Waals surface area contributed by atoms with Gasteiger partial charge in [-0.1, -0.05) is 23.4 Å². The molecule has 10 nitrogen and oxygen atoms in total. The van der Waals surface area contributed by atoms with Gasteiger partial charge in [0.05, 0.1) is 5.56 Å². The molecule has 0 bridgehead atoms. The maximum Gasteiger partial charge on any atom is 0.259 e. The average Bonchev–Trinajstić information content (AvgIpc) is 3.24. The molecule has 0 unspecified atom stereocenters. The van der Waals surface area contributed by atoms with Crippen molar-refractivity contribution in [1.29, 1.82) is 0 Å². The summed E-state index contributed by atoms with van der Waals surface area (Å²) in [7, 11) is 1.82. The van der Waals surface area contributed by atoms with Crippen molar-refractivity contribution in [1.82, 2.24) is 30.1 Å². The molecule has 3 heterocycles. The van der Waals surface area contributed by atoms with Crippen molar-refractivity contribution in [3.8, 4) is 23.1 Å². The van der Waals surface area contributed by atoms with Gasteiger partial charge in [0.1, 0.15) is 5.69 Å². The van der Waals surface area contributed by atoms with Crippen LogP contribution in [0, 0.1) is 0 Å². The normalized spacial score (nSPS) is 10.7. The molecule has 10 heteroatoms. The van der Waals surface area contributed by atoms with Crippen LogP contribution in [0.5, 0.6) is 0 Å². The fourth-order valence-electron chi connectivity index (χ4n) is 2.56. The van der Waals surface area contributed by atoms with E-state index in [1.807, 2.05) is 37.4 Å². The fourth-order valence-corrected chi connectivity index (χ4v) is 2.56. The summed E-state index contributed by atoms with van der Waals surface area (Å²) < 4.78 is 5.29. The van der Waals surface area contributed by atoms with E-state index in [9.17, 15) is 4.79 Å². The molecular formula is C19H16N8O2. The van der Waals surface area contributed by atoms with Crippen molar-refractivity contribution in [2.24, 2.45) is 0 Å². The number of hydrogen-bond acceptors (Lipinski definition) is 10. The SMILES string of the molecule is CC(=O)c1ccc(-c2nc(-c3nc(N)nc(N(C)c4ccccc4)n3)no2)cn1. The number of nitrogens with two attached hydrogens (primary N) is 1. The Kier molecular flexibility index (Phi) is 4.65. The van der Waals surface area contributed by atoms with Gasteiger partial charge in [-0.3, -0.25) is 9.78 Å². The molecule has 0 aliphatic rings. The number of anilines is 3. The quantitative estimate of drug-likeness (QED) is 0.508. The van der Waals surface area contributed by atoms with E-state index in [4.69, 9.17) is 10.3 Å². The first-order valence-corrected chi connectivity index (χ1v) is 8.63. The smallest absolute Gasteiger partial charge is 0.259 e. The Labute approximate surface area is 165 Å². The number of carbonyl (C=O) groups excluding carboxylic acids is 1. The zero-order chi connectivity index (χ0) is 20.4. The number of aromatic nitrogens is 6. The van der Waals surface area contributed by atoms with Gasteiger partial charge in [-0.15, -0.1) is 0 Å². The van der Waals surface area contributed by atoms with E-state index >= 15 is 0 Å². The van der Waals surface area contributed by atoms with E-state index in [1.54, 1.807) is 17.0 Å². The van der Waals surface area contributed by atoms with Crippen LogP contribution in [-0.2, 0) is 0 Å². The molecule has 1 aromatic carbocycles. The molecule has 29 heavy (non-hydrogen) atoms. The third kappa shape index (κ3) is 3.76. The van der Waals surface area contributed by atoms with Crippen LogP contribution in [0.25, 0.3) is 23.1 Å². The molecule has 0 radical (unpaired) electrons. The number of carbonyl (C=O) groups is 1. The standard InChI is InChI=1S/C19H16N8O2/c1-11(28)14-9-8-12(10-21-14)17-22-16(26-29-17)15-23-18(20)25-19(24-15)27(2)13-6-4-3-5-7-13/h3-10H,1-2H3,(H2,20,23,24,25). The van der Waals surface area contributed by atoms with E-state index in [1.165, 1.54) is 13.1 Å². The molecule has 3 aromatic heterocycles. The Morgan fingerprint density at radius 1 is 1.00 bits per heavy atom. The number of Topliss-reactive ketones (excluding diaryl/α,β-unsaturated/α-hetero) is 1. The summed E-state index contributed by atoms with van der Waals surface area (Å²) in [6.07, 6.45) is 1.49. The Hall–Kier alpha value is -4.21. The van der Waals surface area contributed by atoms with Crippen molar-refractivity contribution in [2.45, 2.75) is 6.92 Å². The van der Waals surface area contributed by atoms with Crippen LogP contribution in [-0.4, -0.2) is 42.9 Å². The molecule has 0 spiro atoms. The summed E-state index contributed by atoms with van der Waals surface area (Å²) in [5.41, 5.74) is 7.66. The second-order valence-corrected chi connectivity index (χ2v) is 6.12. The number of pyridine rings is 1. The Bertz CT molecular complexity index is 1160. The predicted octanol–water partition coefficient (Wildman–Crippen LogP) is 2.54. The Balaban J connectivity index is 1.66. The topological polar surface area (TPSA) is 137 Å². The molecule has 0 aliphatic carbocycles. The van der Waals surface area contributed by atoms with Crippen molar-refractivity contribution in [3.63, 3.8) is 0 Å². The van der Waals surface area contributed by atoms with Crippen LogP contribution in [0.4, 0.5) is 17.6 Å². The first-order valence-electron chi connectivity index (χ1n) is 8.63. The van der Waals surface area contributed by atoms with Crippen molar-refractivity contribution >= 4 is 23.4 Å². The first kappa shape index (κ1) is 18.2. The molecule has 4 aromatic rings. The van der Waals surface area contributed by atoms with Gasteiger partial charge in [-0.05, 0) is 24.3 Å². The number of hydrogen-bond donors (Lipinski definition) is 1. The minimum Gasteiger partial charge on any atom is -0.368 e. The maximum absolute atomic E-state index is 11.4. The minimum absolute atomic E-state index is 0.0339. The summed E-state index contributed by atoms with van der Waals surface area (Å²) in [5, 5.41) is 3.93. The molecule has 2 N–H and O–H groups in total. The lowest BCUT2D eigenvalue weighted by Crippen LogP contribution is -2.15. The molecule has 0 aliphatic heterocycles. The maximum atomic E-state index is 11.4. The summed E-state index contributed by atoms with van der Waals surface area (Å²) >= 11 is 0. The molecule has 0 saturated carbocycles. The van der Waals surface area contributed by atoms with Gasteiger partial charge in [0.15, 0.2) is 5.78 Å². The largest absolute Gasteiger partial charge is 0.368 e. The zero-order valence-electron chi connectivity index (χ0n) is 15.6.